The number of aromatic nitrogens is 1. The molecule has 0 radical (unpaired) electrons. The first-order valence-electron chi connectivity index (χ1n) is 7.30. The van der Waals surface area contributed by atoms with Crippen LogP contribution in [0.15, 0.2) is 6.07 Å². The van der Waals surface area contributed by atoms with Crippen molar-refractivity contribution in [1.82, 2.24) is 9.88 Å². The lowest BCUT2D eigenvalue weighted by molar-refractivity contribution is 0.0597. The summed E-state index contributed by atoms with van der Waals surface area (Å²) in [4.78, 5) is 20.9. The molecule has 6 heteroatoms. The maximum atomic E-state index is 12.8. The van der Waals surface area contributed by atoms with Gasteiger partial charge in [0.2, 0.25) is 0 Å². The van der Waals surface area contributed by atoms with Crippen LogP contribution in [0.2, 0.25) is 0 Å². The van der Waals surface area contributed by atoms with Gasteiger partial charge in [0, 0.05) is 23.7 Å². The van der Waals surface area contributed by atoms with Gasteiger partial charge in [-0.05, 0) is 39.3 Å². The Morgan fingerprint density at radius 3 is 2.82 bits per heavy atom. The Bertz CT molecular complexity index is 746. The zero-order valence-electron chi connectivity index (χ0n) is 13.6. The molecule has 0 bridgehead atoms. The first kappa shape index (κ1) is 15.2. The summed E-state index contributed by atoms with van der Waals surface area (Å²) >= 11 is 1.46. The molecule has 0 saturated heterocycles. The molecule has 1 aliphatic heterocycles. The summed E-state index contributed by atoms with van der Waals surface area (Å²) in [6, 6.07) is 2.03. The molecule has 3 heterocycles. The molecule has 118 valence electrons. The van der Waals surface area contributed by atoms with E-state index in [0.717, 1.165) is 32.0 Å². The van der Waals surface area contributed by atoms with Gasteiger partial charge in [-0.25, -0.2) is 4.98 Å². The van der Waals surface area contributed by atoms with Crippen LogP contribution in [0.3, 0.4) is 0 Å². The molecule has 5 nitrogen and oxygen atoms in total. The molecule has 0 spiro atoms. The van der Waals surface area contributed by atoms with Crippen LogP contribution in [0.25, 0.3) is 10.2 Å². The van der Waals surface area contributed by atoms with Crippen LogP contribution >= 0.6 is 11.3 Å². The van der Waals surface area contributed by atoms with E-state index in [4.69, 9.17) is 4.74 Å². The first-order chi connectivity index (χ1) is 10.3. The van der Waals surface area contributed by atoms with E-state index in [0.29, 0.717) is 13.3 Å². The molecule has 0 aliphatic carbocycles. The number of ether oxygens (including phenoxy) is 1. The van der Waals surface area contributed by atoms with E-state index < -0.39 is 0 Å². The molecular formula is C16H21N3O2S. The Morgan fingerprint density at radius 2 is 2.18 bits per heavy atom. The number of fused-ring (bicyclic) bond motifs is 3. The summed E-state index contributed by atoms with van der Waals surface area (Å²) in [5.74, 6) is 0.0743. The van der Waals surface area contributed by atoms with E-state index in [1.54, 1.807) is 7.11 Å². The maximum Gasteiger partial charge on any atom is 0.267 e. The molecule has 0 aromatic carbocycles. The number of anilines is 1. The second-order valence-electron chi connectivity index (χ2n) is 6.58. The summed E-state index contributed by atoms with van der Waals surface area (Å²) in [5, 5.41) is 4.43. The van der Waals surface area contributed by atoms with Crippen molar-refractivity contribution in [3.63, 3.8) is 0 Å². The number of hydrogen-bond acceptors (Lipinski definition) is 5. The quantitative estimate of drug-likeness (QED) is 0.922. The highest BCUT2D eigenvalue weighted by molar-refractivity contribution is 7.21. The fourth-order valence-corrected chi connectivity index (χ4v) is 3.99. The van der Waals surface area contributed by atoms with Crippen molar-refractivity contribution < 1.29 is 9.53 Å². The summed E-state index contributed by atoms with van der Waals surface area (Å²) in [5.41, 5.74) is 2.71. The minimum atomic E-state index is -0.212. The van der Waals surface area contributed by atoms with Crippen LogP contribution in [-0.4, -0.2) is 35.1 Å². The van der Waals surface area contributed by atoms with Crippen molar-refractivity contribution in [2.24, 2.45) is 0 Å². The molecule has 2 aromatic heterocycles. The topological polar surface area (TPSA) is 54.5 Å². The van der Waals surface area contributed by atoms with Gasteiger partial charge in [-0.3, -0.25) is 4.79 Å². The predicted octanol–water partition coefficient (Wildman–Crippen LogP) is 3.37. The van der Waals surface area contributed by atoms with Crippen molar-refractivity contribution in [2.45, 2.75) is 39.8 Å². The van der Waals surface area contributed by atoms with E-state index in [-0.39, 0.29) is 11.4 Å². The minimum Gasteiger partial charge on any atom is -0.380 e. The Morgan fingerprint density at radius 1 is 1.45 bits per heavy atom. The lowest BCUT2D eigenvalue weighted by Gasteiger charge is -2.38. The van der Waals surface area contributed by atoms with Crippen molar-refractivity contribution in [3.05, 3.63) is 22.2 Å². The number of nitrogens with one attached hydrogen (secondary N) is 1. The molecule has 0 atom stereocenters. The average Bonchev–Trinajstić information content (AvgIpc) is 2.77. The van der Waals surface area contributed by atoms with Crippen LogP contribution in [0, 0.1) is 6.92 Å². The molecule has 1 amide bonds. The van der Waals surface area contributed by atoms with Crippen molar-refractivity contribution in [3.8, 4) is 0 Å². The number of carbonyl (C=O) groups is 1. The largest absolute Gasteiger partial charge is 0.380 e. The third-order valence-electron chi connectivity index (χ3n) is 3.83. The lowest BCUT2D eigenvalue weighted by Crippen LogP contribution is -2.50. The first-order valence-corrected chi connectivity index (χ1v) is 8.12. The van der Waals surface area contributed by atoms with Crippen LogP contribution < -0.4 is 5.32 Å². The minimum absolute atomic E-state index is 0.0743. The Balaban J connectivity index is 2.18. The van der Waals surface area contributed by atoms with Gasteiger partial charge in [-0.15, -0.1) is 11.3 Å². The molecule has 2 aromatic rings. The number of nitrogens with zero attached hydrogens (tertiary/aromatic N) is 2. The van der Waals surface area contributed by atoms with Crippen molar-refractivity contribution in [1.29, 1.82) is 0 Å². The number of carbonyl (C=O) groups excluding carboxylic acids is 1. The van der Waals surface area contributed by atoms with Gasteiger partial charge < -0.3 is 15.0 Å². The van der Waals surface area contributed by atoms with Gasteiger partial charge in [0.1, 0.15) is 9.71 Å². The smallest absolute Gasteiger partial charge is 0.267 e. The third kappa shape index (κ3) is 2.36. The Labute approximate surface area is 134 Å². The van der Waals surface area contributed by atoms with Crippen LogP contribution in [0.5, 0.6) is 0 Å². The van der Waals surface area contributed by atoms with Gasteiger partial charge >= 0.3 is 0 Å². The van der Waals surface area contributed by atoms with Gasteiger partial charge in [0.25, 0.3) is 5.91 Å². The van der Waals surface area contributed by atoms with Gasteiger partial charge in [-0.1, -0.05) is 0 Å². The Kier molecular flexibility index (Phi) is 3.61. The summed E-state index contributed by atoms with van der Waals surface area (Å²) < 4.78 is 5.31. The fourth-order valence-electron chi connectivity index (χ4n) is 2.80. The molecule has 1 aliphatic rings. The standard InChI is InChI=1S/C16H21N3O2S/c1-9-6-10(7-21-5)11-12-13(22-14(11)18-9)15(20)19(8-17-12)16(2,3)4/h6,17H,7-8H2,1-5H3. The molecule has 1 N–H and O–H groups in total. The molecular weight excluding hydrogens is 298 g/mol. The SMILES string of the molecule is COCc1cc(C)nc2sc3c(c12)NCN(C(C)(C)C)C3=O. The van der Waals surface area contributed by atoms with Crippen molar-refractivity contribution in [2.75, 3.05) is 19.1 Å². The highest BCUT2D eigenvalue weighted by atomic mass is 32.1. The highest BCUT2D eigenvalue weighted by Gasteiger charge is 2.35. The second-order valence-corrected chi connectivity index (χ2v) is 7.58. The number of pyridine rings is 1. The number of amides is 1. The van der Waals surface area contributed by atoms with Crippen molar-refractivity contribution >= 4 is 33.1 Å². The molecule has 0 fully saturated rings. The van der Waals surface area contributed by atoms with Crippen LogP contribution in [-0.2, 0) is 11.3 Å². The zero-order chi connectivity index (χ0) is 16.1. The highest BCUT2D eigenvalue weighted by Crippen LogP contribution is 2.41. The molecule has 3 rings (SSSR count). The third-order valence-corrected chi connectivity index (χ3v) is 4.91. The predicted molar refractivity (Wildman–Crippen MR) is 89.5 cm³/mol. The summed E-state index contributed by atoms with van der Waals surface area (Å²) in [7, 11) is 1.68. The van der Waals surface area contributed by atoms with E-state index >= 15 is 0 Å². The number of methoxy groups -OCH3 is 1. The number of rotatable bonds is 2. The zero-order valence-corrected chi connectivity index (χ0v) is 14.4. The molecule has 0 unspecified atom stereocenters. The van der Waals surface area contributed by atoms with E-state index in [1.807, 2.05) is 38.7 Å². The maximum absolute atomic E-state index is 12.8. The van der Waals surface area contributed by atoms with Gasteiger partial charge in [0.05, 0.1) is 19.0 Å². The van der Waals surface area contributed by atoms with Crippen LogP contribution in [0.1, 0.15) is 41.7 Å². The lowest BCUT2D eigenvalue weighted by atomic mass is 10.0. The summed E-state index contributed by atoms with van der Waals surface area (Å²) in [6.45, 7) is 9.13. The van der Waals surface area contributed by atoms with E-state index in [9.17, 15) is 4.79 Å². The van der Waals surface area contributed by atoms with E-state index in [1.165, 1.54) is 11.3 Å². The Hall–Kier alpha value is -1.66. The fraction of sp³-hybridized carbons (Fsp3) is 0.500. The summed E-state index contributed by atoms with van der Waals surface area (Å²) in [6.07, 6.45) is 0. The number of aryl methyl sites for hydroxylation is 1. The molecule has 22 heavy (non-hydrogen) atoms. The number of hydrogen-bond donors (Lipinski definition) is 1. The van der Waals surface area contributed by atoms with Gasteiger partial charge in [0.15, 0.2) is 0 Å². The van der Waals surface area contributed by atoms with Gasteiger partial charge in [-0.2, -0.15) is 0 Å². The second kappa shape index (κ2) is 5.21. The van der Waals surface area contributed by atoms with Crippen LogP contribution in [0.4, 0.5) is 5.69 Å². The monoisotopic (exact) mass is 319 g/mol. The average molecular weight is 319 g/mol. The normalized spacial score (nSPS) is 15.1. The molecule has 0 saturated carbocycles. The number of thiophene rings is 1. The van der Waals surface area contributed by atoms with E-state index in [2.05, 4.69) is 10.3 Å².